The zero-order valence-corrected chi connectivity index (χ0v) is 17.7. The molecule has 0 aliphatic carbocycles. The maximum absolute atomic E-state index is 12.1. The number of carbonyl (C=O) groups excluding carboxylic acids is 1. The van der Waals surface area contributed by atoms with Crippen molar-refractivity contribution in [3.63, 3.8) is 0 Å². The highest BCUT2D eigenvalue weighted by atomic mass is 32.2. The summed E-state index contributed by atoms with van der Waals surface area (Å²) in [5.41, 5.74) is 2.88. The van der Waals surface area contributed by atoms with Crippen molar-refractivity contribution in [2.45, 2.75) is 24.3 Å². The standard InChI is InChI=1S/C20H29N5OS/c1-6-17-13-18(25(4)5)23-20(22-17)27-14-15-7-9-16(10-8-15)19(26)21-11-12-24(2)3/h7-10,13H,6,11-12,14H2,1-5H3,(H,21,26)/p+1. The Morgan fingerprint density at radius 2 is 1.89 bits per heavy atom. The molecule has 0 bridgehead atoms. The first-order valence-electron chi connectivity index (χ1n) is 9.23. The summed E-state index contributed by atoms with van der Waals surface area (Å²) < 4.78 is 0. The Labute approximate surface area is 166 Å². The quantitative estimate of drug-likeness (QED) is 0.500. The lowest BCUT2D eigenvalue weighted by atomic mass is 10.1. The van der Waals surface area contributed by atoms with Gasteiger partial charge in [0.2, 0.25) is 0 Å². The summed E-state index contributed by atoms with van der Waals surface area (Å²) in [6, 6.07) is 9.77. The summed E-state index contributed by atoms with van der Waals surface area (Å²) in [7, 11) is 8.11. The van der Waals surface area contributed by atoms with Crippen molar-refractivity contribution in [2.75, 3.05) is 46.2 Å². The van der Waals surface area contributed by atoms with E-state index in [9.17, 15) is 4.79 Å². The number of hydrogen-bond acceptors (Lipinski definition) is 5. The second-order valence-electron chi connectivity index (χ2n) is 6.95. The summed E-state index contributed by atoms with van der Waals surface area (Å²) in [5.74, 6) is 1.67. The highest BCUT2D eigenvalue weighted by molar-refractivity contribution is 7.98. The molecule has 2 rings (SSSR count). The van der Waals surface area contributed by atoms with E-state index in [1.165, 1.54) is 4.90 Å². The van der Waals surface area contributed by atoms with Crippen LogP contribution in [0.2, 0.25) is 0 Å². The summed E-state index contributed by atoms with van der Waals surface area (Å²) in [5, 5.41) is 3.73. The van der Waals surface area contributed by atoms with E-state index in [1.54, 1.807) is 11.8 Å². The van der Waals surface area contributed by atoms with Crippen LogP contribution in [-0.4, -0.2) is 57.2 Å². The number of aromatic nitrogens is 2. The molecule has 1 heterocycles. The van der Waals surface area contributed by atoms with Crippen LogP contribution in [0.3, 0.4) is 0 Å². The second kappa shape index (κ2) is 10.3. The lowest BCUT2D eigenvalue weighted by Gasteiger charge is -2.13. The van der Waals surface area contributed by atoms with Crippen LogP contribution < -0.4 is 15.1 Å². The van der Waals surface area contributed by atoms with E-state index in [1.807, 2.05) is 49.3 Å². The zero-order chi connectivity index (χ0) is 19.8. The molecule has 146 valence electrons. The van der Waals surface area contributed by atoms with Gasteiger partial charge in [0.1, 0.15) is 5.82 Å². The first kappa shape index (κ1) is 21.2. The highest BCUT2D eigenvalue weighted by Crippen LogP contribution is 2.22. The summed E-state index contributed by atoms with van der Waals surface area (Å²) in [6.07, 6.45) is 0.885. The summed E-state index contributed by atoms with van der Waals surface area (Å²) in [6.45, 7) is 3.68. The number of nitrogens with zero attached hydrogens (tertiary/aromatic N) is 3. The molecule has 0 saturated heterocycles. The number of rotatable bonds is 9. The molecule has 0 atom stereocenters. The fourth-order valence-electron chi connectivity index (χ4n) is 2.36. The molecule has 0 radical (unpaired) electrons. The van der Waals surface area contributed by atoms with E-state index in [2.05, 4.69) is 36.3 Å². The number of likely N-dealkylation sites (N-methyl/N-ethyl adjacent to an activating group) is 1. The largest absolute Gasteiger partial charge is 0.363 e. The molecule has 0 aliphatic heterocycles. The van der Waals surface area contributed by atoms with Crippen LogP contribution in [0.1, 0.15) is 28.5 Å². The number of nitrogens with one attached hydrogen (secondary N) is 2. The van der Waals surface area contributed by atoms with Gasteiger partial charge in [-0.25, -0.2) is 9.97 Å². The van der Waals surface area contributed by atoms with E-state index < -0.39 is 0 Å². The molecule has 1 aromatic heterocycles. The number of hydrogen-bond donors (Lipinski definition) is 2. The van der Waals surface area contributed by atoms with Gasteiger partial charge in [0.05, 0.1) is 27.2 Å². The molecule has 27 heavy (non-hydrogen) atoms. The smallest absolute Gasteiger partial charge is 0.251 e. The average Bonchev–Trinajstić information content (AvgIpc) is 2.66. The van der Waals surface area contributed by atoms with Crippen LogP contribution in [0.25, 0.3) is 0 Å². The van der Waals surface area contributed by atoms with Crippen molar-refractivity contribution in [1.29, 1.82) is 0 Å². The molecule has 0 fully saturated rings. The van der Waals surface area contributed by atoms with Gasteiger partial charge < -0.3 is 15.1 Å². The van der Waals surface area contributed by atoms with E-state index in [-0.39, 0.29) is 5.91 Å². The van der Waals surface area contributed by atoms with Gasteiger partial charge in [0.25, 0.3) is 5.91 Å². The van der Waals surface area contributed by atoms with Gasteiger partial charge in [0.15, 0.2) is 5.16 Å². The molecule has 2 aromatic rings. The van der Waals surface area contributed by atoms with E-state index in [0.717, 1.165) is 41.0 Å². The van der Waals surface area contributed by atoms with Gasteiger partial charge in [-0.3, -0.25) is 4.79 Å². The highest BCUT2D eigenvalue weighted by Gasteiger charge is 2.08. The molecule has 1 amide bonds. The number of benzene rings is 1. The second-order valence-corrected chi connectivity index (χ2v) is 7.89. The summed E-state index contributed by atoms with van der Waals surface area (Å²) in [4.78, 5) is 24.7. The number of anilines is 1. The third kappa shape index (κ3) is 6.84. The van der Waals surface area contributed by atoms with Crippen LogP contribution >= 0.6 is 11.8 Å². The lowest BCUT2D eigenvalue weighted by molar-refractivity contribution is -0.856. The van der Waals surface area contributed by atoms with Gasteiger partial charge in [-0.2, -0.15) is 0 Å². The Balaban J connectivity index is 1.95. The third-order valence-electron chi connectivity index (χ3n) is 4.06. The molecule has 2 N–H and O–H groups in total. The fraction of sp³-hybridized carbons (Fsp3) is 0.450. The van der Waals surface area contributed by atoms with Gasteiger partial charge in [-0.05, 0) is 24.1 Å². The first-order valence-corrected chi connectivity index (χ1v) is 10.2. The van der Waals surface area contributed by atoms with Crippen molar-refractivity contribution in [3.8, 4) is 0 Å². The number of carbonyl (C=O) groups is 1. The zero-order valence-electron chi connectivity index (χ0n) is 16.9. The van der Waals surface area contributed by atoms with Crippen molar-refractivity contribution in [2.24, 2.45) is 0 Å². The summed E-state index contributed by atoms with van der Waals surface area (Å²) >= 11 is 1.61. The van der Waals surface area contributed by atoms with Gasteiger partial charge in [0, 0.05) is 37.2 Å². The minimum atomic E-state index is -0.0231. The monoisotopic (exact) mass is 388 g/mol. The Morgan fingerprint density at radius 3 is 2.48 bits per heavy atom. The van der Waals surface area contributed by atoms with Crippen LogP contribution in [0.4, 0.5) is 5.82 Å². The van der Waals surface area contributed by atoms with Gasteiger partial charge in [-0.1, -0.05) is 30.8 Å². The van der Waals surface area contributed by atoms with Gasteiger partial charge >= 0.3 is 0 Å². The lowest BCUT2D eigenvalue weighted by Crippen LogP contribution is -3.06. The minimum Gasteiger partial charge on any atom is -0.363 e. The number of thioether (sulfide) groups is 1. The number of amides is 1. The van der Waals surface area contributed by atoms with E-state index >= 15 is 0 Å². The van der Waals surface area contributed by atoms with Crippen molar-refractivity contribution >= 4 is 23.5 Å². The predicted molar refractivity (Wildman–Crippen MR) is 112 cm³/mol. The molecule has 0 saturated carbocycles. The molecular formula is C20H30N5OS+. The fourth-order valence-corrected chi connectivity index (χ4v) is 3.19. The Morgan fingerprint density at radius 1 is 1.19 bits per heavy atom. The maximum atomic E-state index is 12.1. The maximum Gasteiger partial charge on any atom is 0.251 e. The van der Waals surface area contributed by atoms with Crippen molar-refractivity contribution < 1.29 is 9.69 Å². The SMILES string of the molecule is CCc1cc(N(C)C)nc(SCc2ccc(C(=O)NCC[NH+](C)C)cc2)n1. The Hall–Kier alpha value is -2.12. The average molecular weight is 389 g/mol. The van der Waals surface area contributed by atoms with Crippen LogP contribution in [0.5, 0.6) is 0 Å². The van der Waals surface area contributed by atoms with Crippen LogP contribution in [0.15, 0.2) is 35.5 Å². The van der Waals surface area contributed by atoms with Gasteiger partial charge in [-0.15, -0.1) is 0 Å². The molecule has 0 unspecified atom stereocenters. The molecule has 1 aromatic carbocycles. The van der Waals surface area contributed by atoms with Crippen molar-refractivity contribution in [3.05, 3.63) is 47.2 Å². The Bertz CT molecular complexity index is 747. The molecular weight excluding hydrogens is 358 g/mol. The molecule has 0 aliphatic rings. The molecule has 6 nitrogen and oxygen atoms in total. The van der Waals surface area contributed by atoms with Crippen LogP contribution in [0, 0.1) is 0 Å². The third-order valence-corrected chi connectivity index (χ3v) is 4.98. The molecule has 7 heteroatoms. The normalized spacial score (nSPS) is 10.9. The minimum absolute atomic E-state index is 0.0231. The van der Waals surface area contributed by atoms with E-state index in [4.69, 9.17) is 0 Å². The van der Waals surface area contributed by atoms with Crippen LogP contribution in [-0.2, 0) is 12.2 Å². The van der Waals surface area contributed by atoms with E-state index in [0.29, 0.717) is 12.1 Å². The number of aryl methyl sites for hydroxylation is 1. The Kier molecular flexibility index (Phi) is 8.06. The topological polar surface area (TPSA) is 62.6 Å². The predicted octanol–water partition coefficient (Wildman–Crippen LogP) is 1.27. The first-order chi connectivity index (χ1) is 12.9. The van der Waals surface area contributed by atoms with Crippen molar-refractivity contribution in [1.82, 2.24) is 15.3 Å². The molecule has 0 spiro atoms. The number of quaternary nitrogens is 1.